The van der Waals surface area contributed by atoms with Gasteiger partial charge in [-0.25, -0.2) is 0 Å². The van der Waals surface area contributed by atoms with Gasteiger partial charge >= 0.3 is 5.97 Å². The van der Waals surface area contributed by atoms with Gasteiger partial charge in [0, 0.05) is 6.42 Å². The molecule has 0 saturated heterocycles. The van der Waals surface area contributed by atoms with Crippen molar-refractivity contribution in [3.05, 3.63) is 0 Å². The van der Waals surface area contributed by atoms with Gasteiger partial charge in [-0.15, -0.1) is 0 Å². The number of rotatable bonds is 54. The highest BCUT2D eigenvalue weighted by Crippen LogP contribution is 2.18. The summed E-state index contributed by atoms with van der Waals surface area (Å²) in [4.78, 5) is 12.1. The van der Waals surface area contributed by atoms with Crippen molar-refractivity contribution in [2.75, 3.05) is 6.61 Å². The number of carbonyl (C=O) groups is 1. The van der Waals surface area contributed by atoms with Crippen molar-refractivity contribution in [2.45, 2.75) is 354 Å². The number of ether oxygens (including phenoxy) is 1. The van der Waals surface area contributed by atoms with Crippen molar-refractivity contribution in [2.24, 2.45) is 0 Å². The molecule has 2 nitrogen and oxygen atoms in total. The molecule has 0 amide bonds. The van der Waals surface area contributed by atoms with Gasteiger partial charge in [-0.05, 0) is 12.8 Å². The van der Waals surface area contributed by atoms with Gasteiger partial charge in [0.25, 0.3) is 0 Å². The molecule has 0 aromatic carbocycles. The van der Waals surface area contributed by atoms with Crippen LogP contribution in [-0.4, -0.2) is 12.6 Å². The highest BCUT2D eigenvalue weighted by molar-refractivity contribution is 5.69. The number of unbranched alkanes of at least 4 members (excludes halogenated alkanes) is 50. The lowest BCUT2D eigenvalue weighted by Crippen LogP contribution is -2.05. The number of carbonyl (C=O) groups excluding carboxylic acids is 1. The van der Waals surface area contributed by atoms with Crippen molar-refractivity contribution < 1.29 is 9.53 Å². The van der Waals surface area contributed by atoms with Crippen LogP contribution in [0.5, 0.6) is 0 Å². The van der Waals surface area contributed by atoms with Crippen molar-refractivity contribution in [3.8, 4) is 0 Å². The van der Waals surface area contributed by atoms with E-state index in [1.54, 1.807) is 0 Å². The first-order valence-electron chi connectivity index (χ1n) is 28.5. The second kappa shape index (κ2) is 55.5. The molecule has 0 heterocycles. The molecule has 0 aromatic heterocycles. The van der Waals surface area contributed by atoms with Gasteiger partial charge in [0.2, 0.25) is 0 Å². The Balaban J connectivity index is 3.13. The Kier molecular flexibility index (Phi) is 55.0. The molecule has 0 fully saturated rings. The molecule has 0 aromatic rings. The summed E-state index contributed by atoms with van der Waals surface area (Å²) in [5.74, 6) is 0.0353. The normalized spacial score (nSPS) is 11.6. The third-order valence-electron chi connectivity index (χ3n) is 13.5. The fraction of sp³-hybridized carbons (Fsp3) is 0.982. The van der Waals surface area contributed by atoms with Crippen LogP contribution in [0.1, 0.15) is 354 Å². The summed E-state index contributed by atoms with van der Waals surface area (Å²) in [6.45, 7) is 5.25. The first-order chi connectivity index (χ1) is 29.3. The SMILES string of the molecule is CCCCCCCCCCCCCCCCCCCCCCCCCCCCCCCCCCOC(=O)CCCCCCCCCCCCCCCCCCCCCC. The van der Waals surface area contributed by atoms with E-state index in [4.69, 9.17) is 4.74 Å². The standard InChI is InChI=1S/C57H114O2/c1-3-5-7-9-11-13-15-17-19-21-23-25-26-27-28-29-30-31-32-33-34-35-36-38-40-42-44-46-48-50-52-54-56-59-57(58)55-53-51-49-47-45-43-41-39-37-24-22-20-18-16-14-12-10-8-6-4-2/h3-56H2,1-2H3. The Morgan fingerprint density at radius 3 is 0.559 bits per heavy atom. The summed E-state index contributed by atoms with van der Waals surface area (Å²) in [5, 5.41) is 0. The Morgan fingerprint density at radius 2 is 0.373 bits per heavy atom. The maximum absolute atomic E-state index is 12.1. The average Bonchev–Trinajstić information content (AvgIpc) is 3.24. The van der Waals surface area contributed by atoms with Crippen molar-refractivity contribution in [3.63, 3.8) is 0 Å². The summed E-state index contributed by atoms with van der Waals surface area (Å²) in [6, 6.07) is 0. The van der Waals surface area contributed by atoms with Crippen LogP contribution in [0.2, 0.25) is 0 Å². The zero-order valence-electron chi connectivity index (χ0n) is 41.5. The summed E-state index contributed by atoms with van der Waals surface area (Å²) >= 11 is 0. The molecule has 0 atom stereocenters. The molecule has 0 rings (SSSR count). The molecule has 354 valence electrons. The molecule has 0 aliphatic rings. The molecule has 0 saturated carbocycles. The van der Waals surface area contributed by atoms with E-state index in [-0.39, 0.29) is 5.97 Å². The van der Waals surface area contributed by atoms with Crippen molar-refractivity contribution in [1.82, 2.24) is 0 Å². The van der Waals surface area contributed by atoms with E-state index in [0.29, 0.717) is 13.0 Å². The predicted octanol–water partition coefficient (Wildman–Crippen LogP) is 21.2. The fourth-order valence-corrected chi connectivity index (χ4v) is 9.26. The van der Waals surface area contributed by atoms with E-state index in [2.05, 4.69) is 13.8 Å². The van der Waals surface area contributed by atoms with Gasteiger partial charge < -0.3 is 4.74 Å². The van der Waals surface area contributed by atoms with E-state index >= 15 is 0 Å². The van der Waals surface area contributed by atoms with Crippen LogP contribution in [0.25, 0.3) is 0 Å². The lowest BCUT2D eigenvalue weighted by atomic mass is 10.0. The van der Waals surface area contributed by atoms with Gasteiger partial charge in [-0.1, -0.05) is 335 Å². The monoisotopic (exact) mass is 831 g/mol. The summed E-state index contributed by atoms with van der Waals surface area (Å²) in [7, 11) is 0. The summed E-state index contributed by atoms with van der Waals surface area (Å²) in [5.41, 5.74) is 0. The number of esters is 1. The predicted molar refractivity (Wildman–Crippen MR) is 267 cm³/mol. The third kappa shape index (κ3) is 55.5. The smallest absolute Gasteiger partial charge is 0.305 e. The zero-order chi connectivity index (χ0) is 42.5. The summed E-state index contributed by atoms with van der Waals surface area (Å²) < 4.78 is 5.51. The van der Waals surface area contributed by atoms with Gasteiger partial charge in [0.15, 0.2) is 0 Å². The van der Waals surface area contributed by atoms with Crippen LogP contribution in [0, 0.1) is 0 Å². The maximum Gasteiger partial charge on any atom is 0.305 e. The topological polar surface area (TPSA) is 26.3 Å². The minimum atomic E-state index is 0.0353. The highest BCUT2D eigenvalue weighted by Gasteiger charge is 2.03. The molecule has 59 heavy (non-hydrogen) atoms. The zero-order valence-corrected chi connectivity index (χ0v) is 41.5. The number of hydrogen-bond donors (Lipinski definition) is 0. The average molecular weight is 832 g/mol. The second-order valence-corrected chi connectivity index (χ2v) is 19.6. The molecule has 0 spiro atoms. The van der Waals surface area contributed by atoms with E-state index in [9.17, 15) is 4.79 Å². The lowest BCUT2D eigenvalue weighted by molar-refractivity contribution is -0.143. The second-order valence-electron chi connectivity index (χ2n) is 19.6. The van der Waals surface area contributed by atoms with Crippen LogP contribution in [0.4, 0.5) is 0 Å². The Hall–Kier alpha value is -0.530. The molecule has 0 N–H and O–H groups in total. The van der Waals surface area contributed by atoms with Crippen LogP contribution >= 0.6 is 0 Å². The van der Waals surface area contributed by atoms with E-state index in [1.807, 2.05) is 0 Å². The molecular weight excluding hydrogens is 717 g/mol. The Bertz CT molecular complexity index is 732. The first-order valence-corrected chi connectivity index (χ1v) is 28.5. The molecular formula is C57H114O2. The maximum atomic E-state index is 12.1. The van der Waals surface area contributed by atoms with Crippen LogP contribution in [0.3, 0.4) is 0 Å². The molecule has 0 unspecified atom stereocenters. The van der Waals surface area contributed by atoms with Gasteiger partial charge in [0.05, 0.1) is 6.61 Å². The molecule has 0 aliphatic carbocycles. The Labute approximate surface area is 374 Å². The largest absolute Gasteiger partial charge is 0.466 e. The minimum Gasteiger partial charge on any atom is -0.466 e. The van der Waals surface area contributed by atoms with Crippen molar-refractivity contribution >= 4 is 5.97 Å². The number of hydrogen-bond acceptors (Lipinski definition) is 2. The van der Waals surface area contributed by atoms with Gasteiger partial charge in [-0.2, -0.15) is 0 Å². The highest BCUT2D eigenvalue weighted by atomic mass is 16.5. The lowest BCUT2D eigenvalue weighted by Gasteiger charge is -2.06. The van der Waals surface area contributed by atoms with Gasteiger partial charge in [-0.3, -0.25) is 4.79 Å². The van der Waals surface area contributed by atoms with E-state index < -0.39 is 0 Å². The van der Waals surface area contributed by atoms with E-state index in [0.717, 1.165) is 12.8 Å². The molecule has 0 radical (unpaired) electrons. The molecule has 2 heteroatoms. The third-order valence-corrected chi connectivity index (χ3v) is 13.5. The molecule has 0 aliphatic heterocycles. The van der Waals surface area contributed by atoms with E-state index in [1.165, 1.54) is 321 Å². The molecule has 0 bridgehead atoms. The Morgan fingerprint density at radius 1 is 0.220 bits per heavy atom. The summed E-state index contributed by atoms with van der Waals surface area (Å²) in [6.07, 6.45) is 74.3. The fourth-order valence-electron chi connectivity index (χ4n) is 9.26. The quantitative estimate of drug-likeness (QED) is 0.0451. The van der Waals surface area contributed by atoms with Gasteiger partial charge in [0.1, 0.15) is 0 Å². The van der Waals surface area contributed by atoms with Crippen molar-refractivity contribution in [1.29, 1.82) is 0 Å². The van der Waals surface area contributed by atoms with Crippen LogP contribution in [0.15, 0.2) is 0 Å². The van der Waals surface area contributed by atoms with Crippen LogP contribution in [-0.2, 0) is 9.53 Å². The first kappa shape index (κ1) is 58.5. The minimum absolute atomic E-state index is 0.0353. The van der Waals surface area contributed by atoms with Crippen LogP contribution < -0.4 is 0 Å².